The number of aromatic nitrogens is 1. The predicted octanol–water partition coefficient (Wildman–Crippen LogP) is 2.43. The molecule has 1 unspecified atom stereocenters. The van der Waals surface area contributed by atoms with Crippen LogP contribution in [-0.4, -0.2) is 49.9 Å². The number of nitrogens with one attached hydrogen (secondary N) is 1. The van der Waals surface area contributed by atoms with E-state index in [1.807, 2.05) is 38.1 Å². The second-order valence-corrected chi connectivity index (χ2v) is 10.6. The Labute approximate surface area is 183 Å². The smallest absolute Gasteiger partial charge is 0.243 e. The Morgan fingerprint density at radius 3 is 2.58 bits per heavy atom. The number of benzene rings is 1. The van der Waals surface area contributed by atoms with Crippen LogP contribution < -0.4 is 5.32 Å². The molecule has 2 aliphatic heterocycles. The molecule has 1 aromatic carbocycles. The van der Waals surface area contributed by atoms with Crippen molar-refractivity contribution in [2.24, 2.45) is 11.3 Å². The average molecular weight is 444 g/mol. The van der Waals surface area contributed by atoms with Gasteiger partial charge in [-0.3, -0.25) is 9.78 Å². The third-order valence-electron chi connectivity index (χ3n) is 6.59. The monoisotopic (exact) mass is 443 g/mol. The number of carbonyl (C=O) groups excluding carboxylic acids is 1. The number of hydrogen-bond donors (Lipinski definition) is 1. The largest absolute Gasteiger partial charge is 0.381 e. The number of carbonyl (C=O) groups is 1. The number of amides is 1. The fourth-order valence-corrected chi connectivity index (χ4v) is 6.55. The highest BCUT2D eigenvalue weighted by atomic mass is 32.2. The van der Waals surface area contributed by atoms with E-state index >= 15 is 0 Å². The Hall–Kier alpha value is -2.29. The number of pyridine rings is 1. The first-order valence-electron chi connectivity index (χ1n) is 10.6. The summed E-state index contributed by atoms with van der Waals surface area (Å²) in [7, 11) is -3.69. The predicted molar refractivity (Wildman–Crippen MR) is 117 cm³/mol. The summed E-state index contributed by atoms with van der Waals surface area (Å²) in [5.74, 6) is -0.504. The van der Waals surface area contributed by atoms with Crippen molar-refractivity contribution in [3.63, 3.8) is 0 Å². The van der Waals surface area contributed by atoms with Gasteiger partial charge < -0.3 is 10.1 Å². The van der Waals surface area contributed by atoms with Gasteiger partial charge in [0.1, 0.15) is 0 Å². The van der Waals surface area contributed by atoms with Crippen LogP contribution in [0, 0.1) is 25.2 Å². The van der Waals surface area contributed by atoms with Crippen molar-refractivity contribution < 1.29 is 17.9 Å². The molecule has 7 nitrogen and oxygen atoms in total. The molecule has 2 aliphatic rings. The van der Waals surface area contributed by atoms with Crippen LogP contribution in [0.25, 0.3) is 0 Å². The molecule has 1 atom stereocenters. The number of hydrogen-bond acceptors (Lipinski definition) is 5. The minimum absolute atomic E-state index is 0.1000. The molecule has 2 aromatic rings. The summed E-state index contributed by atoms with van der Waals surface area (Å²) >= 11 is 0. The summed E-state index contributed by atoms with van der Waals surface area (Å²) in [6.07, 6.45) is 4.74. The summed E-state index contributed by atoms with van der Waals surface area (Å²) in [6.45, 7) is 5.79. The Morgan fingerprint density at radius 1 is 1.19 bits per heavy atom. The topological polar surface area (TPSA) is 88.6 Å². The zero-order chi connectivity index (χ0) is 22.1. The van der Waals surface area contributed by atoms with Gasteiger partial charge in [0.2, 0.25) is 15.9 Å². The van der Waals surface area contributed by atoms with Crippen LogP contribution >= 0.6 is 0 Å². The fourth-order valence-electron chi connectivity index (χ4n) is 4.79. The van der Waals surface area contributed by atoms with Crippen molar-refractivity contribution in [3.8, 4) is 0 Å². The van der Waals surface area contributed by atoms with E-state index in [0.717, 1.165) is 16.7 Å². The molecule has 0 bridgehead atoms. The highest BCUT2D eigenvalue weighted by molar-refractivity contribution is 7.89. The normalized spacial score (nSPS) is 21.3. The quantitative estimate of drug-likeness (QED) is 0.767. The molecule has 0 radical (unpaired) electrons. The summed E-state index contributed by atoms with van der Waals surface area (Å²) in [5, 5.41) is 3.01. The minimum Gasteiger partial charge on any atom is -0.381 e. The number of rotatable bonds is 5. The number of aryl methyl sites for hydroxylation is 2. The van der Waals surface area contributed by atoms with Gasteiger partial charge in [-0.15, -0.1) is 0 Å². The van der Waals surface area contributed by atoms with Crippen molar-refractivity contribution in [2.45, 2.75) is 38.1 Å². The highest BCUT2D eigenvalue weighted by Crippen LogP contribution is 2.46. The molecule has 3 heterocycles. The van der Waals surface area contributed by atoms with Gasteiger partial charge in [0.05, 0.1) is 10.8 Å². The Balaban J connectivity index is 1.58. The first-order valence-corrected chi connectivity index (χ1v) is 12.1. The van der Waals surface area contributed by atoms with Crippen LogP contribution in [0.1, 0.15) is 29.5 Å². The molecule has 4 rings (SSSR count). The molecule has 1 spiro atoms. The van der Waals surface area contributed by atoms with Gasteiger partial charge in [-0.2, -0.15) is 4.31 Å². The molecule has 1 aromatic heterocycles. The van der Waals surface area contributed by atoms with Crippen LogP contribution in [0.5, 0.6) is 0 Å². The van der Waals surface area contributed by atoms with E-state index in [0.29, 0.717) is 44.0 Å². The second-order valence-electron chi connectivity index (χ2n) is 8.67. The van der Waals surface area contributed by atoms with Gasteiger partial charge in [-0.05, 0) is 56.0 Å². The van der Waals surface area contributed by atoms with E-state index in [4.69, 9.17) is 4.74 Å². The first kappa shape index (κ1) is 21.9. The fraction of sp³-hybridized carbons (Fsp3) is 0.478. The SMILES string of the molecule is Cc1ccc(S(=O)(=O)N2CC(C(=O)NCc3ccncc3)C3(CCOCC3)C2)c(C)c1. The van der Waals surface area contributed by atoms with Gasteiger partial charge in [-0.25, -0.2) is 8.42 Å². The molecule has 2 fully saturated rings. The molecule has 2 saturated heterocycles. The van der Waals surface area contributed by atoms with Crippen LogP contribution in [0.15, 0.2) is 47.6 Å². The lowest BCUT2D eigenvalue weighted by molar-refractivity contribution is -0.130. The lowest BCUT2D eigenvalue weighted by Crippen LogP contribution is -2.44. The van der Waals surface area contributed by atoms with Crippen molar-refractivity contribution >= 4 is 15.9 Å². The van der Waals surface area contributed by atoms with E-state index in [2.05, 4.69) is 10.3 Å². The van der Waals surface area contributed by atoms with Gasteiger partial charge in [-0.1, -0.05) is 17.7 Å². The van der Waals surface area contributed by atoms with Crippen LogP contribution in [0.3, 0.4) is 0 Å². The average Bonchev–Trinajstić information content (AvgIpc) is 3.12. The van der Waals surface area contributed by atoms with Crippen molar-refractivity contribution in [1.82, 2.24) is 14.6 Å². The molecular weight excluding hydrogens is 414 g/mol. The zero-order valence-corrected chi connectivity index (χ0v) is 18.8. The van der Waals surface area contributed by atoms with Crippen molar-refractivity contribution in [3.05, 3.63) is 59.4 Å². The number of ether oxygens (including phenoxy) is 1. The van der Waals surface area contributed by atoms with E-state index in [-0.39, 0.29) is 12.5 Å². The number of nitrogens with zero attached hydrogens (tertiary/aromatic N) is 2. The van der Waals surface area contributed by atoms with Gasteiger partial charge in [0.15, 0.2) is 0 Å². The molecule has 166 valence electrons. The van der Waals surface area contributed by atoms with Crippen LogP contribution in [0.2, 0.25) is 0 Å². The highest BCUT2D eigenvalue weighted by Gasteiger charge is 2.53. The summed E-state index contributed by atoms with van der Waals surface area (Å²) in [5.41, 5.74) is 2.31. The van der Waals surface area contributed by atoms with Gasteiger partial charge >= 0.3 is 0 Å². The van der Waals surface area contributed by atoms with E-state index in [9.17, 15) is 13.2 Å². The summed E-state index contributed by atoms with van der Waals surface area (Å²) < 4.78 is 34.0. The summed E-state index contributed by atoms with van der Waals surface area (Å²) in [6, 6.07) is 9.09. The van der Waals surface area contributed by atoms with Gasteiger partial charge in [0.25, 0.3) is 0 Å². The third-order valence-corrected chi connectivity index (χ3v) is 8.56. The lowest BCUT2D eigenvalue weighted by atomic mass is 9.72. The molecular formula is C23H29N3O4S. The Kier molecular flexibility index (Phi) is 6.14. The van der Waals surface area contributed by atoms with Crippen molar-refractivity contribution in [2.75, 3.05) is 26.3 Å². The maximum absolute atomic E-state index is 13.5. The van der Waals surface area contributed by atoms with Crippen LogP contribution in [-0.2, 0) is 26.1 Å². The Bertz CT molecular complexity index is 1050. The number of sulfonamides is 1. The van der Waals surface area contributed by atoms with E-state index in [1.54, 1.807) is 18.5 Å². The van der Waals surface area contributed by atoms with Crippen molar-refractivity contribution in [1.29, 1.82) is 0 Å². The molecule has 1 N–H and O–H groups in total. The maximum atomic E-state index is 13.5. The molecule has 1 amide bonds. The van der Waals surface area contributed by atoms with Crippen LogP contribution in [0.4, 0.5) is 0 Å². The van der Waals surface area contributed by atoms with Gasteiger partial charge in [0, 0.05) is 50.7 Å². The third kappa shape index (κ3) is 4.37. The lowest BCUT2D eigenvalue weighted by Gasteiger charge is -2.37. The van der Waals surface area contributed by atoms with E-state index < -0.39 is 21.4 Å². The molecule has 8 heteroatoms. The minimum atomic E-state index is -3.69. The Morgan fingerprint density at radius 2 is 1.90 bits per heavy atom. The zero-order valence-electron chi connectivity index (χ0n) is 18.0. The molecule has 0 saturated carbocycles. The second kappa shape index (κ2) is 8.68. The summed E-state index contributed by atoms with van der Waals surface area (Å²) in [4.78, 5) is 17.5. The standard InChI is InChI=1S/C23H29N3O4S/c1-17-3-4-21(18(2)13-17)31(28,29)26-15-20(23(16-26)7-11-30-12-8-23)22(27)25-14-19-5-9-24-10-6-19/h3-6,9-10,13,20H,7-8,11-12,14-16H2,1-2H3,(H,25,27). The molecule has 0 aliphatic carbocycles. The van der Waals surface area contributed by atoms with E-state index in [1.165, 1.54) is 4.31 Å². The maximum Gasteiger partial charge on any atom is 0.243 e. The molecule has 31 heavy (non-hydrogen) atoms. The first-order chi connectivity index (χ1) is 14.8.